The second-order valence-corrected chi connectivity index (χ2v) is 24.3. The third-order valence-corrected chi connectivity index (χ3v) is 19.5. The Morgan fingerprint density at radius 2 is 1.36 bits per heavy atom. The summed E-state index contributed by atoms with van der Waals surface area (Å²) in [5, 5.41) is 10.1. The van der Waals surface area contributed by atoms with Crippen molar-refractivity contribution < 1.29 is 35.9 Å². The Labute approximate surface area is 421 Å². The van der Waals surface area contributed by atoms with Crippen molar-refractivity contribution in [3.8, 4) is 34.0 Å². The zero-order valence-electron chi connectivity index (χ0n) is 39.6. The lowest BCUT2D eigenvalue weighted by molar-refractivity contribution is 0.204. The highest BCUT2D eigenvalue weighted by Gasteiger charge is 2.35. The SMILES string of the molecule is COc1cc(-c2ccc3c(c2NC(=O)NS(=O)(=O)c2cc4n(n2)C2CCN(CC2)C4)CC(COc2cc(-c4ccc5c(c4NC(=O)NS(=O)(=O)c4cc6c(s4)C4CCN(CC4)C6)CCC5)ccn2)C3)ccn1. The maximum atomic E-state index is 13.8. The first kappa shape index (κ1) is 46.7. The number of ether oxygens (including phenoxy) is 2. The van der Waals surface area contributed by atoms with Gasteiger partial charge < -0.3 is 20.1 Å². The van der Waals surface area contributed by atoms with E-state index in [1.807, 2.05) is 35.0 Å². The number of urea groups is 2. The van der Waals surface area contributed by atoms with E-state index < -0.39 is 32.1 Å². The Hall–Kier alpha value is -6.39. The molecule has 18 nitrogen and oxygen atoms in total. The predicted octanol–water partition coefficient (Wildman–Crippen LogP) is 7.22. The number of amides is 4. The van der Waals surface area contributed by atoms with Gasteiger partial charge in [0.25, 0.3) is 20.0 Å². The van der Waals surface area contributed by atoms with Crippen LogP contribution in [0.2, 0.25) is 0 Å². The van der Waals surface area contributed by atoms with Crippen LogP contribution in [0.3, 0.4) is 0 Å². The molecule has 0 saturated carbocycles. The van der Waals surface area contributed by atoms with Crippen LogP contribution in [0.25, 0.3) is 22.3 Å². The molecule has 2 saturated heterocycles. The number of piperidine rings is 2. The fourth-order valence-corrected chi connectivity index (χ4v) is 15.1. The van der Waals surface area contributed by atoms with Gasteiger partial charge in [0.1, 0.15) is 4.21 Å². The van der Waals surface area contributed by atoms with Crippen molar-refractivity contribution in [2.75, 3.05) is 50.5 Å². The van der Waals surface area contributed by atoms with Crippen LogP contribution in [0.5, 0.6) is 11.8 Å². The van der Waals surface area contributed by atoms with E-state index in [0.29, 0.717) is 65.1 Å². The minimum Gasteiger partial charge on any atom is -0.481 e. The number of sulfonamides is 2. The number of aryl methyl sites for hydroxylation is 1. The average Bonchev–Trinajstić information content (AvgIpc) is 4.16. The normalized spacial score (nSPS) is 21.7. The minimum atomic E-state index is -4.33. The number of nitrogens with one attached hydrogen (secondary N) is 4. The molecule has 14 rings (SSSR count). The Morgan fingerprint density at radius 3 is 2.10 bits per heavy atom. The standard InChI is InChI=1S/C51H54N10O8S3/c1-68-43-23-34(9-15-52-43)41-8-6-33-21-30(22-42(33)48(41)55-50(62)57-71(64,65)45-26-38-28-60-19-13-37(14-20-60)61(38)56-45)29-69-44-24-35(10-16-53-44)40-7-5-31-3-2-4-39(31)47(40)54-51(63)58-72(66,67)46-25-36-27-59-17-11-32(12-18-59)49(36)70-46/h5-10,15-16,23-26,30,32,37H,2-4,11-14,17-22,27-29H2,1H3,(H2,54,58,63)(H2,55,57,62). The number of fused-ring (bicyclic) bond motifs is 6. The Bertz CT molecular complexity index is 3380. The van der Waals surface area contributed by atoms with E-state index in [0.717, 1.165) is 122 Å². The monoisotopic (exact) mass is 1030 g/mol. The van der Waals surface area contributed by atoms with Crippen LogP contribution in [0.4, 0.5) is 21.0 Å². The summed E-state index contributed by atoms with van der Waals surface area (Å²) in [5.74, 6) is 1.04. The number of aromatic nitrogens is 4. The van der Waals surface area contributed by atoms with Crippen LogP contribution >= 0.6 is 11.3 Å². The maximum absolute atomic E-state index is 13.8. The van der Waals surface area contributed by atoms with Gasteiger partial charge in [-0.3, -0.25) is 14.5 Å². The molecule has 4 bridgehead atoms. The van der Waals surface area contributed by atoms with Gasteiger partial charge >= 0.3 is 12.1 Å². The molecule has 0 radical (unpaired) electrons. The highest BCUT2D eigenvalue weighted by Crippen LogP contribution is 2.44. The van der Waals surface area contributed by atoms with Gasteiger partial charge in [-0.2, -0.15) is 13.5 Å². The summed E-state index contributed by atoms with van der Waals surface area (Å²) in [6.45, 7) is 5.50. The van der Waals surface area contributed by atoms with Gasteiger partial charge in [0.15, 0.2) is 5.03 Å². The van der Waals surface area contributed by atoms with Crippen molar-refractivity contribution in [2.24, 2.45) is 5.92 Å². The molecular formula is C51H54N10O8S3. The largest absolute Gasteiger partial charge is 0.481 e. The summed E-state index contributed by atoms with van der Waals surface area (Å²) in [7, 11) is -6.94. The summed E-state index contributed by atoms with van der Waals surface area (Å²) in [6.07, 6.45) is 10.7. The van der Waals surface area contributed by atoms with Gasteiger partial charge in [-0.05, 0) is 134 Å². The number of thiophene rings is 1. The minimum absolute atomic E-state index is 0.0408. The summed E-state index contributed by atoms with van der Waals surface area (Å²) >= 11 is 1.28. The van der Waals surface area contributed by atoms with Crippen LogP contribution in [-0.2, 0) is 58.8 Å². The van der Waals surface area contributed by atoms with E-state index in [9.17, 15) is 26.4 Å². The van der Waals surface area contributed by atoms with E-state index in [2.05, 4.69) is 51.0 Å². The first-order chi connectivity index (χ1) is 34.8. The maximum Gasteiger partial charge on any atom is 0.333 e. The Kier molecular flexibility index (Phi) is 12.0. The molecule has 10 heterocycles. The molecule has 4 aromatic heterocycles. The van der Waals surface area contributed by atoms with Crippen molar-refractivity contribution >= 4 is 54.8 Å². The summed E-state index contributed by atoms with van der Waals surface area (Å²) in [4.78, 5) is 42.1. The lowest BCUT2D eigenvalue weighted by atomic mass is 9.96. The number of pyridine rings is 2. The molecule has 2 aromatic carbocycles. The fourth-order valence-electron chi connectivity index (χ4n) is 11.6. The second kappa shape index (κ2) is 18.6. The molecule has 2 aliphatic carbocycles. The molecule has 6 aliphatic heterocycles. The van der Waals surface area contributed by atoms with Crippen LogP contribution in [0.15, 0.2) is 82.3 Å². The molecule has 1 atom stereocenters. The van der Waals surface area contributed by atoms with E-state index in [1.165, 1.54) is 18.4 Å². The molecule has 6 aromatic rings. The molecule has 8 aliphatic rings. The fraction of sp³-hybridized carbons (Fsp3) is 0.392. The van der Waals surface area contributed by atoms with Gasteiger partial charge in [-0.15, -0.1) is 11.3 Å². The molecule has 21 heteroatoms. The summed E-state index contributed by atoms with van der Waals surface area (Å²) < 4.78 is 73.2. The number of rotatable bonds is 12. The highest BCUT2D eigenvalue weighted by atomic mass is 32.2. The number of hydrogen-bond donors (Lipinski definition) is 4. The lowest BCUT2D eigenvalue weighted by Gasteiger charge is -2.26. The zero-order chi connectivity index (χ0) is 49.3. The van der Waals surface area contributed by atoms with Crippen molar-refractivity contribution in [2.45, 2.75) is 92.1 Å². The number of benzene rings is 2. The number of nitrogens with zero attached hydrogens (tertiary/aromatic N) is 6. The number of carbonyl (C=O) groups excluding carboxylic acids is 2. The van der Waals surface area contributed by atoms with Crippen LogP contribution < -0.4 is 29.6 Å². The number of anilines is 2. The number of methoxy groups -OCH3 is 1. The van der Waals surface area contributed by atoms with E-state index >= 15 is 0 Å². The van der Waals surface area contributed by atoms with Gasteiger partial charge in [-0.1, -0.05) is 24.3 Å². The van der Waals surface area contributed by atoms with Crippen molar-refractivity contribution in [3.05, 3.63) is 111 Å². The first-order valence-electron chi connectivity index (χ1n) is 24.6. The summed E-state index contributed by atoms with van der Waals surface area (Å²) in [5.41, 5.74) is 9.58. The van der Waals surface area contributed by atoms with Crippen molar-refractivity contribution in [3.63, 3.8) is 0 Å². The number of hydrogen-bond acceptors (Lipinski definition) is 14. The first-order valence-corrected chi connectivity index (χ1v) is 28.3. The molecule has 72 heavy (non-hydrogen) atoms. The van der Waals surface area contributed by atoms with Gasteiger partial charge in [-0.25, -0.2) is 37.4 Å². The smallest absolute Gasteiger partial charge is 0.333 e. The van der Waals surface area contributed by atoms with Crippen LogP contribution in [0, 0.1) is 5.92 Å². The van der Waals surface area contributed by atoms with Crippen LogP contribution in [-0.4, -0.2) is 98.3 Å². The Morgan fingerprint density at radius 1 is 0.708 bits per heavy atom. The van der Waals surface area contributed by atoms with E-state index in [4.69, 9.17) is 9.47 Å². The molecule has 4 amide bonds. The molecule has 0 spiro atoms. The van der Waals surface area contributed by atoms with Gasteiger partial charge in [0, 0.05) is 78.7 Å². The molecule has 374 valence electrons. The topological polar surface area (TPSA) is 219 Å². The zero-order valence-corrected chi connectivity index (χ0v) is 42.1. The molecule has 4 N–H and O–H groups in total. The predicted molar refractivity (Wildman–Crippen MR) is 270 cm³/mol. The van der Waals surface area contributed by atoms with Crippen molar-refractivity contribution in [1.29, 1.82) is 0 Å². The lowest BCUT2D eigenvalue weighted by Crippen LogP contribution is -2.35. The molecular weight excluding hydrogens is 977 g/mol. The van der Waals surface area contributed by atoms with E-state index in [-0.39, 0.29) is 27.8 Å². The van der Waals surface area contributed by atoms with Crippen LogP contribution in [0.1, 0.15) is 82.5 Å². The van der Waals surface area contributed by atoms with Crippen molar-refractivity contribution in [1.82, 2.24) is 39.0 Å². The highest BCUT2D eigenvalue weighted by molar-refractivity contribution is 7.92. The Balaban J connectivity index is 0.757. The third-order valence-electron chi connectivity index (χ3n) is 15.2. The van der Waals surface area contributed by atoms with E-state index in [1.54, 1.807) is 36.7 Å². The summed E-state index contributed by atoms with van der Waals surface area (Å²) in [6, 6.07) is 16.8. The second-order valence-electron chi connectivity index (χ2n) is 19.7. The van der Waals surface area contributed by atoms with Gasteiger partial charge in [0.2, 0.25) is 11.8 Å². The third kappa shape index (κ3) is 8.98. The quantitative estimate of drug-likeness (QED) is 0.0953. The average molecular weight is 1030 g/mol. The number of carbonyl (C=O) groups is 2. The van der Waals surface area contributed by atoms with Gasteiger partial charge in [0.05, 0.1) is 36.8 Å². The molecule has 1 unspecified atom stereocenters. The molecule has 2 fully saturated rings.